The molecule has 4 nitrogen and oxygen atoms in total. The Morgan fingerprint density at radius 2 is 1.92 bits per heavy atom. The van der Waals surface area contributed by atoms with E-state index in [2.05, 4.69) is 4.98 Å². The van der Waals surface area contributed by atoms with Crippen LogP contribution in [0.3, 0.4) is 0 Å². The fourth-order valence-electron chi connectivity index (χ4n) is 3.03. The summed E-state index contributed by atoms with van der Waals surface area (Å²) in [6.07, 6.45) is 0.472. The van der Waals surface area contributed by atoms with Gasteiger partial charge in [-0.15, -0.1) is 0 Å². The van der Waals surface area contributed by atoms with Gasteiger partial charge in [-0.1, -0.05) is 11.6 Å². The number of aliphatic hydroxyl groups is 1. The van der Waals surface area contributed by atoms with E-state index in [-0.39, 0.29) is 12.4 Å². The molecule has 0 fully saturated rings. The van der Waals surface area contributed by atoms with E-state index in [9.17, 15) is 9.90 Å². The van der Waals surface area contributed by atoms with Crippen LogP contribution in [0.15, 0.2) is 36.4 Å². The Labute approximate surface area is 145 Å². The summed E-state index contributed by atoms with van der Waals surface area (Å²) in [5.74, 6) is 0.382. The summed E-state index contributed by atoms with van der Waals surface area (Å²) in [7, 11) is 1.55. The molecule has 5 heteroatoms. The number of halogens is 1. The lowest BCUT2D eigenvalue weighted by molar-refractivity contribution is 0.103. The third-order valence-electron chi connectivity index (χ3n) is 4.16. The van der Waals surface area contributed by atoms with Crippen LogP contribution in [0.25, 0.3) is 10.9 Å². The highest BCUT2D eigenvalue weighted by Crippen LogP contribution is 2.34. The topological polar surface area (TPSA) is 62.3 Å². The Kier molecular flexibility index (Phi) is 4.60. The van der Waals surface area contributed by atoms with Crippen LogP contribution in [0.2, 0.25) is 5.02 Å². The lowest BCUT2D eigenvalue weighted by Gasteiger charge is -2.11. The van der Waals surface area contributed by atoms with Gasteiger partial charge in [0, 0.05) is 33.8 Å². The van der Waals surface area contributed by atoms with Crippen LogP contribution < -0.4 is 4.74 Å². The maximum atomic E-state index is 13.1. The standard InChI is InChI=1S/C19H18ClNO3/c1-11-14(9-10-22)17-15(21-11)7-8-16(24-2)18(17)19(23)12-3-5-13(20)6-4-12/h3-8,21-22H,9-10H2,1-2H3. The fraction of sp³-hybridized carbons (Fsp3) is 0.211. The van der Waals surface area contributed by atoms with E-state index >= 15 is 0 Å². The van der Waals surface area contributed by atoms with Crippen molar-refractivity contribution < 1.29 is 14.6 Å². The molecule has 24 heavy (non-hydrogen) atoms. The van der Waals surface area contributed by atoms with Gasteiger partial charge >= 0.3 is 0 Å². The molecule has 0 bridgehead atoms. The molecule has 1 heterocycles. The minimum Gasteiger partial charge on any atom is -0.496 e. The number of rotatable bonds is 5. The first-order valence-electron chi connectivity index (χ1n) is 7.66. The zero-order chi connectivity index (χ0) is 17.3. The summed E-state index contributed by atoms with van der Waals surface area (Å²) in [5.41, 5.74) is 3.78. The summed E-state index contributed by atoms with van der Waals surface area (Å²) >= 11 is 5.92. The molecule has 0 amide bonds. The summed E-state index contributed by atoms with van der Waals surface area (Å²) < 4.78 is 5.44. The van der Waals surface area contributed by atoms with Gasteiger partial charge in [0.15, 0.2) is 5.78 Å². The summed E-state index contributed by atoms with van der Waals surface area (Å²) in [6, 6.07) is 10.5. The second-order valence-corrected chi connectivity index (χ2v) is 6.04. The lowest BCUT2D eigenvalue weighted by atomic mass is 9.95. The molecule has 1 aromatic heterocycles. The van der Waals surface area contributed by atoms with Gasteiger partial charge in [0.25, 0.3) is 0 Å². The van der Waals surface area contributed by atoms with Gasteiger partial charge in [0.2, 0.25) is 0 Å². The highest BCUT2D eigenvalue weighted by atomic mass is 35.5. The number of carbonyl (C=O) groups excluding carboxylic acids is 1. The number of fused-ring (bicyclic) bond motifs is 1. The summed E-state index contributed by atoms with van der Waals surface area (Å²) in [5, 5.41) is 10.8. The Morgan fingerprint density at radius 1 is 1.21 bits per heavy atom. The van der Waals surface area contributed by atoms with Gasteiger partial charge in [-0.25, -0.2) is 0 Å². The maximum absolute atomic E-state index is 13.1. The van der Waals surface area contributed by atoms with Crippen molar-refractivity contribution in [3.63, 3.8) is 0 Å². The number of aromatic nitrogens is 1. The molecule has 3 aromatic rings. The monoisotopic (exact) mass is 343 g/mol. The van der Waals surface area contributed by atoms with Crippen molar-refractivity contribution in [2.24, 2.45) is 0 Å². The maximum Gasteiger partial charge on any atom is 0.197 e. The van der Waals surface area contributed by atoms with Gasteiger partial charge in [0.1, 0.15) is 5.75 Å². The molecule has 0 aliphatic rings. The number of methoxy groups -OCH3 is 1. The molecule has 0 unspecified atom stereocenters. The highest BCUT2D eigenvalue weighted by molar-refractivity contribution is 6.30. The first-order valence-corrected chi connectivity index (χ1v) is 8.04. The van der Waals surface area contributed by atoms with Crippen LogP contribution >= 0.6 is 11.6 Å². The number of hydrogen-bond donors (Lipinski definition) is 2. The number of H-pyrrole nitrogens is 1. The zero-order valence-electron chi connectivity index (χ0n) is 13.5. The van der Waals surface area contributed by atoms with E-state index in [0.717, 1.165) is 22.2 Å². The minimum atomic E-state index is -0.132. The quantitative estimate of drug-likeness (QED) is 0.690. The fourth-order valence-corrected chi connectivity index (χ4v) is 3.16. The molecule has 2 aromatic carbocycles. The Morgan fingerprint density at radius 3 is 2.54 bits per heavy atom. The van der Waals surface area contributed by atoms with Crippen molar-refractivity contribution >= 4 is 28.3 Å². The SMILES string of the molecule is COc1ccc2[nH]c(C)c(CCO)c2c1C(=O)c1ccc(Cl)cc1. The third kappa shape index (κ3) is 2.79. The predicted octanol–water partition coefficient (Wildman–Crippen LogP) is 3.90. The molecule has 0 aliphatic heterocycles. The smallest absolute Gasteiger partial charge is 0.197 e. The van der Waals surface area contributed by atoms with Crippen molar-refractivity contribution in [3.8, 4) is 5.75 Å². The zero-order valence-corrected chi connectivity index (χ0v) is 14.3. The van der Waals surface area contributed by atoms with Crippen molar-refractivity contribution in [2.45, 2.75) is 13.3 Å². The lowest BCUT2D eigenvalue weighted by Crippen LogP contribution is -2.06. The average molecular weight is 344 g/mol. The molecule has 3 rings (SSSR count). The largest absolute Gasteiger partial charge is 0.496 e. The van der Waals surface area contributed by atoms with Gasteiger partial charge in [-0.2, -0.15) is 0 Å². The first kappa shape index (κ1) is 16.6. The number of ether oxygens (including phenoxy) is 1. The van der Waals surface area contributed by atoms with E-state index in [0.29, 0.717) is 28.3 Å². The van der Waals surface area contributed by atoms with Crippen LogP contribution in [-0.4, -0.2) is 29.6 Å². The number of nitrogens with one attached hydrogen (secondary N) is 1. The van der Waals surface area contributed by atoms with Gasteiger partial charge in [0.05, 0.1) is 12.7 Å². The Bertz CT molecular complexity index is 897. The van der Waals surface area contributed by atoms with Gasteiger partial charge in [-0.3, -0.25) is 4.79 Å². The molecule has 0 spiro atoms. The first-order chi connectivity index (χ1) is 11.6. The van der Waals surface area contributed by atoms with Crippen LogP contribution in [0.1, 0.15) is 27.2 Å². The average Bonchev–Trinajstić information content (AvgIpc) is 2.90. The summed E-state index contributed by atoms with van der Waals surface area (Å²) in [4.78, 5) is 16.4. The van der Waals surface area contributed by atoms with Crippen molar-refractivity contribution in [1.82, 2.24) is 4.98 Å². The van der Waals surface area contributed by atoms with Crippen LogP contribution in [0.4, 0.5) is 0 Å². The Hall–Kier alpha value is -2.30. The number of carbonyl (C=O) groups is 1. The van der Waals surface area contributed by atoms with Crippen LogP contribution in [0.5, 0.6) is 5.75 Å². The number of aryl methyl sites for hydroxylation is 1. The van der Waals surface area contributed by atoms with E-state index in [1.807, 2.05) is 13.0 Å². The van der Waals surface area contributed by atoms with E-state index < -0.39 is 0 Å². The minimum absolute atomic E-state index is 0.0135. The second kappa shape index (κ2) is 6.67. The molecule has 0 saturated heterocycles. The second-order valence-electron chi connectivity index (χ2n) is 5.60. The van der Waals surface area contributed by atoms with E-state index in [4.69, 9.17) is 16.3 Å². The van der Waals surface area contributed by atoms with Gasteiger partial charge in [-0.05, 0) is 55.3 Å². The number of aromatic amines is 1. The van der Waals surface area contributed by atoms with E-state index in [1.54, 1.807) is 37.4 Å². The highest BCUT2D eigenvalue weighted by Gasteiger charge is 2.22. The predicted molar refractivity (Wildman–Crippen MR) is 95.3 cm³/mol. The number of ketones is 1. The number of benzene rings is 2. The molecule has 0 atom stereocenters. The normalized spacial score (nSPS) is 11.0. The number of aliphatic hydroxyl groups excluding tert-OH is 1. The molecule has 0 radical (unpaired) electrons. The molecule has 2 N–H and O–H groups in total. The molecule has 124 valence electrons. The van der Waals surface area contributed by atoms with Crippen LogP contribution in [0, 0.1) is 6.92 Å². The molecular formula is C19H18ClNO3. The molecule has 0 saturated carbocycles. The molecular weight excluding hydrogens is 326 g/mol. The van der Waals surface area contributed by atoms with Crippen molar-refractivity contribution in [1.29, 1.82) is 0 Å². The third-order valence-corrected chi connectivity index (χ3v) is 4.41. The molecule has 0 aliphatic carbocycles. The summed E-state index contributed by atoms with van der Waals surface area (Å²) in [6.45, 7) is 1.95. The van der Waals surface area contributed by atoms with Crippen molar-refractivity contribution in [2.75, 3.05) is 13.7 Å². The van der Waals surface area contributed by atoms with Crippen molar-refractivity contribution in [3.05, 3.63) is 63.8 Å². The van der Waals surface area contributed by atoms with Gasteiger partial charge < -0.3 is 14.8 Å². The van der Waals surface area contributed by atoms with Crippen LogP contribution in [-0.2, 0) is 6.42 Å². The Balaban J connectivity index is 2.27. The van der Waals surface area contributed by atoms with E-state index in [1.165, 1.54) is 0 Å². The number of hydrogen-bond acceptors (Lipinski definition) is 3.